The van der Waals surface area contributed by atoms with Crippen LogP contribution in [0.1, 0.15) is 38.3 Å². The van der Waals surface area contributed by atoms with Gasteiger partial charge in [0.2, 0.25) is 11.0 Å². The molecule has 0 spiro atoms. The van der Waals surface area contributed by atoms with Gasteiger partial charge in [-0.2, -0.15) is 0 Å². The van der Waals surface area contributed by atoms with Crippen LogP contribution in [0.4, 0.5) is 5.13 Å². The van der Waals surface area contributed by atoms with Crippen LogP contribution in [0.25, 0.3) is 6.08 Å². The molecule has 24 heavy (non-hydrogen) atoms. The number of benzene rings is 1. The van der Waals surface area contributed by atoms with Gasteiger partial charge in [-0.15, -0.1) is 10.2 Å². The second kappa shape index (κ2) is 7.35. The van der Waals surface area contributed by atoms with Crippen LogP contribution < -0.4 is 10.6 Å². The van der Waals surface area contributed by atoms with Crippen molar-refractivity contribution in [2.45, 2.75) is 33.1 Å². The molecule has 0 unspecified atom stereocenters. The Hall–Kier alpha value is -2.54. The van der Waals surface area contributed by atoms with Gasteiger partial charge in [0, 0.05) is 12.3 Å². The van der Waals surface area contributed by atoms with Gasteiger partial charge in [-0.3, -0.25) is 14.9 Å². The molecule has 0 aliphatic carbocycles. The number of nitrogens with zero attached hydrogens (tertiary/aromatic N) is 2. The van der Waals surface area contributed by atoms with Crippen molar-refractivity contribution in [3.63, 3.8) is 0 Å². The molecule has 0 saturated heterocycles. The Bertz CT molecular complexity index is 760. The molecule has 2 rings (SSSR count). The Labute approximate surface area is 145 Å². The zero-order valence-electron chi connectivity index (χ0n) is 14.1. The lowest BCUT2D eigenvalue weighted by molar-refractivity contribution is -0.120. The number of anilines is 1. The first kappa shape index (κ1) is 17.8. The fraction of sp³-hybridized carbons (Fsp3) is 0.294. The van der Waals surface area contributed by atoms with Crippen LogP contribution in [0.5, 0.6) is 0 Å². The van der Waals surface area contributed by atoms with Crippen LogP contribution in [0.3, 0.4) is 0 Å². The van der Waals surface area contributed by atoms with E-state index in [1.165, 1.54) is 18.3 Å². The number of hydrogen-bond acceptors (Lipinski definition) is 5. The maximum Gasteiger partial charge on any atom is 0.274 e. The second-order valence-corrected chi connectivity index (χ2v) is 7.24. The standard InChI is InChI=1S/C17H20N4O2S/c1-11(22)18-13(10-12-8-6-5-7-9-12)14(23)19-16-21-20-15(24-16)17(2,3)4/h5-10H,1-4H3,(H,18,22)(H,19,21,23). The number of nitrogens with one attached hydrogen (secondary N) is 2. The molecule has 0 aliphatic rings. The third kappa shape index (κ3) is 4.99. The fourth-order valence-corrected chi connectivity index (χ4v) is 2.60. The summed E-state index contributed by atoms with van der Waals surface area (Å²) >= 11 is 1.32. The fourth-order valence-electron chi connectivity index (χ4n) is 1.81. The average Bonchev–Trinajstić information content (AvgIpc) is 2.96. The highest BCUT2D eigenvalue weighted by Crippen LogP contribution is 2.27. The van der Waals surface area contributed by atoms with E-state index in [2.05, 4.69) is 20.8 Å². The van der Waals surface area contributed by atoms with E-state index in [0.29, 0.717) is 5.13 Å². The summed E-state index contributed by atoms with van der Waals surface area (Å²) in [4.78, 5) is 23.8. The van der Waals surface area contributed by atoms with Crippen LogP contribution in [-0.2, 0) is 15.0 Å². The SMILES string of the molecule is CC(=O)NC(=Cc1ccccc1)C(=O)Nc1nnc(C(C)(C)C)s1. The lowest BCUT2D eigenvalue weighted by Gasteiger charge is -2.12. The van der Waals surface area contributed by atoms with Gasteiger partial charge in [0.15, 0.2) is 0 Å². The van der Waals surface area contributed by atoms with Crippen LogP contribution in [0, 0.1) is 0 Å². The molecule has 7 heteroatoms. The summed E-state index contributed by atoms with van der Waals surface area (Å²) in [6.07, 6.45) is 1.61. The molecule has 0 fully saturated rings. The summed E-state index contributed by atoms with van der Waals surface area (Å²) in [6.45, 7) is 7.43. The lowest BCUT2D eigenvalue weighted by atomic mass is 9.98. The number of hydrogen-bond donors (Lipinski definition) is 2. The highest BCUT2D eigenvalue weighted by molar-refractivity contribution is 7.15. The maximum absolute atomic E-state index is 12.5. The first-order valence-electron chi connectivity index (χ1n) is 7.45. The van der Waals surface area contributed by atoms with Gasteiger partial charge in [-0.25, -0.2) is 0 Å². The number of rotatable bonds is 4. The molecule has 2 N–H and O–H groups in total. The van der Waals surface area contributed by atoms with Crippen LogP contribution in [0.15, 0.2) is 36.0 Å². The van der Waals surface area contributed by atoms with Gasteiger partial charge in [0.25, 0.3) is 5.91 Å². The summed E-state index contributed by atoms with van der Waals surface area (Å²) in [5, 5.41) is 14.5. The molecule has 126 valence electrons. The predicted molar refractivity (Wildman–Crippen MR) is 95.5 cm³/mol. The minimum atomic E-state index is -0.439. The summed E-state index contributed by atoms with van der Waals surface area (Å²) < 4.78 is 0. The van der Waals surface area contributed by atoms with E-state index >= 15 is 0 Å². The van der Waals surface area contributed by atoms with E-state index < -0.39 is 5.91 Å². The number of carbonyl (C=O) groups excluding carboxylic acids is 2. The van der Waals surface area contributed by atoms with Crippen molar-refractivity contribution < 1.29 is 9.59 Å². The Balaban J connectivity index is 2.21. The van der Waals surface area contributed by atoms with E-state index in [1.54, 1.807) is 6.08 Å². The van der Waals surface area contributed by atoms with Crippen LogP contribution in [-0.4, -0.2) is 22.0 Å². The average molecular weight is 344 g/mol. The third-order valence-electron chi connectivity index (χ3n) is 2.95. The molecular formula is C17H20N4O2S. The van der Waals surface area contributed by atoms with Gasteiger partial charge >= 0.3 is 0 Å². The molecule has 0 aliphatic heterocycles. The monoisotopic (exact) mass is 344 g/mol. The zero-order valence-corrected chi connectivity index (χ0v) is 14.9. The summed E-state index contributed by atoms with van der Waals surface area (Å²) in [6, 6.07) is 9.28. The molecule has 1 aromatic carbocycles. The van der Waals surface area contributed by atoms with Gasteiger partial charge in [0.05, 0.1) is 0 Å². The Morgan fingerprint density at radius 3 is 2.33 bits per heavy atom. The Kier molecular flexibility index (Phi) is 5.46. The third-order valence-corrected chi connectivity index (χ3v) is 4.22. The molecule has 2 aromatic rings. The molecule has 1 aromatic heterocycles. The second-order valence-electron chi connectivity index (χ2n) is 6.27. The van der Waals surface area contributed by atoms with E-state index in [9.17, 15) is 9.59 Å². The topological polar surface area (TPSA) is 84.0 Å². The molecule has 0 bridgehead atoms. The van der Waals surface area contributed by atoms with Crippen molar-refractivity contribution in [3.05, 3.63) is 46.6 Å². The molecule has 0 atom stereocenters. The van der Waals surface area contributed by atoms with E-state index in [0.717, 1.165) is 10.6 Å². The predicted octanol–water partition coefficient (Wildman–Crippen LogP) is 2.95. The van der Waals surface area contributed by atoms with E-state index in [4.69, 9.17) is 0 Å². The zero-order chi connectivity index (χ0) is 17.7. The lowest BCUT2D eigenvalue weighted by Crippen LogP contribution is -2.28. The molecule has 0 radical (unpaired) electrons. The van der Waals surface area contributed by atoms with E-state index in [-0.39, 0.29) is 17.0 Å². The van der Waals surface area contributed by atoms with Crippen molar-refractivity contribution in [3.8, 4) is 0 Å². The molecule has 2 amide bonds. The molecule has 1 heterocycles. The largest absolute Gasteiger partial charge is 0.322 e. The molecular weight excluding hydrogens is 324 g/mol. The number of amides is 2. The van der Waals surface area contributed by atoms with Gasteiger partial charge in [-0.1, -0.05) is 62.4 Å². The number of aromatic nitrogens is 2. The molecule has 0 saturated carbocycles. The maximum atomic E-state index is 12.5. The normalized spacial score (nSPS) is 11.9. The Morgan fingerprint density at radius 1 is 1.12 bits per heavy atom. The van der Waals surface area contributed by atoms with Gasteiger partial charge in [0.1, 0.15) is 10.7 Å². The van der Waals surface area contributed by atoms with E-state index in [1.807, 2.05) is 51.1 Å². The summed E-state index contributed by atoms with van der Waals surface area (Å²) in [5.74, 6) is -0.759. The van der Waals surface area contributed by atoms with Gasteiger partial charge < -0.3 is 5.32 Å². The summed E-state index contributed by atoms with van der Waals surface area (Å²) in [7, 11) is 0. The number of carbonyl (C=O) groups is 2. The highest BCUT2D eigenvalue weighted by Gasteiger charge is 2.21. The van der Waals surface area contributed by atoms with Crippen molar-refractivity contribution in [2.24, 2.45) is 0 Å². The molecule has 6 nitrogen and oxygen atoms in total. The van der Waals surface area contributed by atoms with Crippen molar-refractivity contribution in [2.75, 3.05) is 5.32 Å². The smallest absolute Gasteiger partial charge is 0.274 e. The summed E-state index contributed by atoms with van der Waals surface area (Å²) in [5.41, 5.74) is 0.825. The first-order chi connectivity index (χ1) is 11.3. The van der Waals surface area contributed by atoms with Crippen LogP contribution >= 0.6 is 11.3 Å². The highest BCUT2D eigenvalue weighted by atomic mass is 32.1. The quantitative estimate of drug-likeness (QED) is 0.835. The van der Waals surface area contributed by atoms with Crippen molar-refractivity contribution >= 4 is 34.4 Å². The van der Waals surface area contributed by atoms with Crippen molar-refractivity contribution in [1.82, 2.24) is 15.5 Å². The Morgan fingerprint density at radius 2 is 1.79 bits per heavy atom. The first-order valence-corrected chi connectivity index (χ1v) is 8.27. The van der Waals surface area contributed by atoms with Crippen molar-refractivity contribution in [1.29, 1.82) is 0 Å². The van der Waals surface area contributed by atoms with Gasteiger partial charge in [-0.05, 0) is 11.6 Å². The minimum Gasteiger partial charge on any atom is -0.322 e. The minimum absolute atomic E-state index is 0.138. The van der Waals surface area contributed by atoms with Crippen LogP contribution in [0.2, 0.25) is 0 Å².